The minimum atomic E-state index is -0.636. The number of benzene rings is 1. The van der Waals surface area contributed by atoms with Crippen LogP contribution >= 0.6 is 0 Å². The van der Waals surface area contributed by atoms with Gasteiger partial charge in [0, 0.05) is 37.7 Å². The molecule has 198 valence electrons. The van der Waals surface area contributed by atoms with E-state index in [0.717, 1.165) is 16.8 Å². The maximum Gasteiger partial charge on any atom is 0.311 e. The number of aromatic nitrogens is 5. The molecule has 5 rings (SSSR count). The first-order chi connectivity index (χ1) is 17.8. The molecule has 10 heteroatoms. The lowest BCUT2D eigenvalue weighted by atomic mass is 9.87. The van der Waals surface area contributed by atoms with Crippen molar-refractivity contribution in [2.75, 3.05) is 19.6 Å². The quantitative estimate of drug-likeness (QED) is 0.404. The second kappa shape index (κ2) is 9.04. The number of nitrogens with zero attached hydrogens (tertiary/aromatic N) is 7. The molecule has 1 aromatic carbocycles. The Hall–Kier alpha value is -4.08. The van der Waals surface area contributed by atoms with Crippen LogP contribution in [0.4, 0.5) is 0 Å². The summed E-state index contributed by atoms with van der Waals surface area (Å²) in [6.07, 6.45) is 1.71. The smallest absolute Gasteiger partial charge is 0.311 e. The first kappa shape index (κ1) is 25.6. The molecule has 0 radical (unpaired) electrons. The Bertz CT molecular complexity index is 1530. The summed E-state index contributed by atoms with van der Waals surface area (Å²) in [4.78, 5) is 34.8. The molecule has 1 aliphatic heterocycles. The number of piperazine rings is 1. The van der Waals surface area contributed by atoms with E-state index in [4.69, 9.17) is 14.5 Å². The minimum Gasteiger partial charge on any atom is -0.417 e. The van der Waals surface area contributed by atoms with E-state index in [9.17, 15) is 9.59 Å². The van der Waals surface area contributed by atoms with Crippen molar-refractivity contribution in [3.63, 3.8) is 0 Å². The number of amides is 2. The van der Waals surface area contributed by atoms with Crippen LogP contribution in [0.15, 0.2) is 40.9 Å². The lowest BCUT2D eigenvalue weighted by molar-refractivity contribution is 0.0150. The van der Waals surface area contributed by atoms with Crippen molar-refractivity contribution in [2.24, 2.45) is 0 Å². The standard InChI is InChI=1S/C28H33N7O3/c1-17-8-10-19(11-9-17)21-14-20(27(3,4)5)23-29-22(15-35(23)32-21)25(36)34-13-12-33(16-28(34,6)7)26(37)24-31-30-18(2)38-24/h8-11,14-15H,12-13,16H2,1-7H3. The molecule has 2 amide bonds. The third kappa shape index (κ3) is 4.66. The van der Waals surface area contributed by atoms with Crippen molar-refractivity contribution >= 4 is 17.5 Å². The summed E-state index contributed by atoms with van der Waals surface area (Å²) in [5.41, 5.74) is 4.14. The van der Waals surface area contributed by atoms with Gasteiger partial charge in [0.05, 0.1) is 17.4 Å². The fourth-order valence-corrected chi connectivity index (χ4v) is 4.86. The Kier molecular flexibility index (Phi) is 6.08. The number of hydrogen-bond donors (Lipinski definition) is 0. The highest BCUT2D eigenvalue weighted by Gasteiger charge is 2.40. The average molecular weight is 516 g/mol. The van der Waals surface area contributed by atoms with Gasteiger partial charge in [-0.25, -0.2) is 9.50 Å². The number of aryl methyl sites for hydroxylation is 2. The predicted octanol–water partition coefficient (Wildman–Crippen LogP) is 4.07. The molecule has 0 bridgehead atoms. The van der Waals surface area contributed by atoms with E-state index in [2.05, 4.69) is 68.2 Å². The molecule has 4 aromatic rings. The Labute approximate surface area is 221 Å². The molecule has 1 fully saturated rings. The Morgan fingerprint density at radius 3 is 2.32 bits per heavy atom. The largest absolute Gasteiger partial charge is 0.417 e. The third-order valence-electron chi connectivity index (χ3n) is 6.94. The molecule has 0 saturated carbocycles. The van der Waals surface area contributed by atoms with E-state index in [-0.39, 0.29) is 23.1 Å². The molecule has 1 saturated heterocycles. The maximum atomic E-state index is 13.8. The number of carbonyl (C=O) groups is 2. The van der Waals surface area contributed by atoms with E-state index < -0.39 is 5.54 Å². The van der Waals surface area contributed by atoms with Gasteiger partial charge in [-0.2, -0.15) is 5.10 Å². The van der Waals surface area contributed by atoms with Gasteiger partial charge < -0.3 is 14.2 Å². The topological polar surface area (TPSA) is 110 Å². The van der Waals surface area contributed by atoms with Gasteiger partial charge in [0.25, 0.3) is 5.91 Å². The molecule has 0 unspecified atom stereocenters. The molecule has 0 spiro atoms. The SMILES string of the molecule is Cc1ccc(-c2cc(C(C)(C)C)c3nc(C(=O)N4CCN(C(=O)c5nnc(C)o5)CC4(C)C)cn3n2)cc1. The Balaban J connectivity index is 1.46. The van der Waals surface area contributed by atoms with E-state index in [1.807, 2.05) is 13.8 Å². The van der Waals surface area contributed by atoms with Crippen molar-refractivity contribution in [3.8, 4) is 11.3 Å². The fourth-order valence-electron chi connectivity index (χ4n) is 4.86. The van der Waals surface area contributed by atoms with Gasteiger partial charge in [0.2, 0.25) is 5.89 Å². The van der Waals surface area contributed by atoms with Gasteiger partial charge in [0.1, 0.15) is 5.69 Å². The summed E-state index contributed by atoms with van der Waals surface area (Å²) < 4.78 is 7.03. The monoisotopic (exact) mass is 515 g/mol. The van der Waals surface area contributed by atoms with Crippen molar-refractivity contribution in [3.05, 3.63) is 65.1 Å². The summed E-state index contributed by atoms with van der Waals surface area (Å²) in [5, 5.41) is 12.4. The summed E-state index contributed by atoms with van der Waals surface area (Å²) in [5.74, 6) is -0.232. The zero-order valence-electron chi connectivity index (χ0n) is 22.9. The van der Waals surface area contributed by atoms with E-state index in [0.29, 0.717) is 36.9 Å². The van der Waals surface area contributed by atoms with Crippen LogP contribution in [0.3, 0.4) is 0 Å². The van der Waals surface area contributed by atoms with E-state index >= 15 is 0 Å². The molecule has 10 nitrogen and oxygen atoms in total. The fraction of sp³-hybridized carbons (Fsp3) is 0.429. The molecule has 0 atom stereocenters. The van der Waals surface area contributed by atoms with Gasteiger partial charge in [0.15, 0.2) is 5.65 Å². The molecular formula is C28H33N7O3. The van der Waals surface area contributed by atoms with Crippen LogP contribution in [0, 0.1) is 13.8 Å². The molecule has 1 aliphatic rings. The van der Waals surface area contributed by atoms with Crippen LogP contribution in [0.2, 0.25) is 0 Å². The second-order valence-electron chi connectivity index (χ2n) is 11.6. The van der Waals surface area contributed by atoms with Gasteiger partial charge in [-0.3, -0.25) is 9.59 Å². The van der Waals surface area contributed by atoms with Crippen LogP contribution in [0.1, 0.15) is 72.8 Å². The van der Waals surface area contributed by atoms with Gasteiger partial charge >= 0.3 is 11.8 Å². The zero-order chi connectivity index (χ0) is 27.4. The van der Waals surface area contributed by atoms with Crippen LogP contribution < -0.4 is 0 Å². The minimum absolute atomic E-state index is 0.0383. The number of carbonyl (C=O) groups excluding carboxylic acids is 2. The number of hydrogen-bond acceptors (Lipinski definition) is 7. The highest BCUT2D eigenvalue weighted by molar-refractivity contribution is 5.94. The van der Waals surface area contributed by atoms with Crippen LogP contribution in [0.5, 0.6) is 0 Å². The molecule has 38 heavy (non-hydrogen) atoms. The van der Waals surface area contributed by atoms with E-state index in [1.165, 1.54) is 5.56 Å². The first-order valence-corrected chi connectivity index (χ1v) is 12.7. The summed E-state index contributed by atoms with van der Waals surface area (Å²) >= 11 is 0. The van der Waals surface area contributed by atoms with Crippen LogP contribution in [0.25, 0.3) is 16.9 Å². The molecule has 0 N–H and O–H groups in total. The predicted molar refractivity (Wildman–Crippen MR) is 142 cm³/mol. The third-order valence-corrected chi connectivity index (χ3v) is 6.94. The van der Waals surface area contributed by atoms with E-state index in [1.54, 1.807) is 27.4 Å². The summed E-state index contributed by atoms with van der Waals surface area (Å²) in [6.45, 7) is 15.0. The highest BCUT2D eigenvalue weighted by atomic mass is 16.4. The lowest BCUT2D eigenvalue weighted by Crippen LogP contribution is -2.62. The van der Waals surface area contributed by atoms with Gasteiger partial charge in [-0.05, 0) is 32.3 Å². The van der Waals surface area contributed by atoms with Gasteiger partial charge in [-0.1, -0.05) is 50.6 Å². The molecular weight excluding hydrogens is 482 g/mol. The van der Waals surface area contributed by atoms with Crippen molar-refractivity contribution in [1.82, 2.24) is 34.6 Å². The van der Waals surface area contributed by atoms with Crippen LogP contribution in [-0.2, 0) is 5.41 Å². The van der Waals surface area contributed by atoms with Gasteiger partial charge in [-0.15, -0.1) is 10.2 Å². The average Bonchev–Trinajstić information content (AvgIpc) is 3.48. The molecule has 3 aromatic heterocycles. The highest BCUT2D eigenvalue weighted by Crippen LogP contribution is 2.31. The number of fused-ring (bicyclic) bond motifs is 1. The zero-order valence-corrected chi connectivity index (χ0v) is 22.9. The maximum absolute atomic E-state index is 13.8. The first-order valence-electron chi connectivity index (χ1n) is 12.7. The second-order valence-corrected chi connectivity index (χ2v) is 11.6. The number of rotatable bonds is 3. The Morgan fingerprint density at radius 2 is 1.71 bits per heavy atom. The lowest BCUT2D eigenvalue weighted by Gasteiger charge is -2.46. The van der Waals surface area contributed by atoms with Crippen LogP contribution in [-0.4, -0.2) is 71.6 Å². The van der Waals surface area contributed by atoms with Crippen molar-refractivity contribution in [1.29, 1.82) is 0 Å². The Morgan fingerprint density at radius 1 is 1.00 bits per heavy atom. The summed E-state index contributed by atoms with van der Waals surface area (Å²) in [6, 6.07) is 10.3. The summed E-state index contributed by atoms with van der Waals surface area (Å²) in [7, 11) is 0. The van der Waals surface area contributed by atoms with Crippen molar-refractivity contribution < 1.29 is 14.0 Å². The number of imidazole rings is 1. The normalized spacial score (nSPS) is 15.8. The molecule has 4 heterocycles. The van der Waals surface area contributed by atoms with Crippen molar-refractivity contribution in [2.45, 2.75) is 59.4 Å². The molecule has 0 aliphatic carbocycles.